The summed E-state index contributed by atoms with van der Waals surface area (Å²) in [6.45, 7) is 3.87. The average Bonchev–Trinajstić information content (AvgIpc) is 2.97. The molecule has 0 bridgehead atoms. The van der Waals surface area contributed by atoms with E-state index >= 15 is 0 Å². The van der Waals surface area contributed by atoms with Crippen molar-refractivity contribution < 1.29 is 4.79 Å². The molecule has 1 aliphatic carbocycles. The third-order valence-electron chi connectivity index (χ3n) is 5.85. The van der Waals surface area contributed by atoms with Gasteiger partial charge in [-0.15, -0.1) is 0 Å². The number of amides is 1. The van der Waals surface area contributed by atoms with Crippen LogP contribution >= 0.6 is 11.6 Å². The summed E-state index contributed by atoms with van der Waals surface area (Å²) in [5.41, 5.74) is 3.11. The maximum atomic E-state index is 13.1. The van der Waals surface area contributed by atoms with Crippen molar-refractivity contribution in [3.05, 3.63) is 57.2 Å². The van der Waals surface area contributed by atoms with Gasteiger partial charge in [-0.1, -0.05) is 30.9 Å². The molecule has 0 spiro atoms. The van der Waals surface area contributed by atoms with Gasteiger partial charge >= 0.3 is 0 Å². The molecular formula is C22H25ClN4O2. The second-order valence-corrected chi connectivity index (χ2v) is 8.24. The lowest BCUT2D eigenvalue weighted by molar-refractivity contribution is -0.122. The molecule has 7 heteroatoms. The third kappa shape index (κ3) is 3.81. The van der Waals surface area contributed by atoms with Gasteiger partial charge in [0.1, 0.15) is 12.9 Å². The highest BCUT2D eigenvalue weighted by atomic mass is 35.5. The van der Waals surface area contributed by atoms with Gasteiger partial charge in [0.2, 0.25) is 5.91 Å². The molecule has 1 N–H and O–H groups in total. The first kappa shape index (κ1) is 19.7. The number of hydrogen-bond donors (Lipinski definition) is 1. The van der Waals surface area contributed by atoms with E-state index in [9.17, 15) is 9.59 Å². The van der Waals surface area contributed by atoms with Crippen LogP contribution in [-0.4, -0.2) is 26.1 Å². The Kier molecular flexibility index (Phi) is 5.46. The number of aromatic nitrogens is 3. The Morgan fingerprint density at radius 2 is 1.86 bits per heavy atom. The van der Waals surface area contributed by atoms with Crippen molar-refractivity contribution in [3.8, 4) is 5.69 Å². The maximum Gasteiger partial charge on any atom is 0.263 e. The Morgan fingerprint density at radius 3 is 2.55 bits per heavy atom. The number of aryl methyl sites for hydroxylation is 1. The molecule has 1 saturated carbocycles. The Balaban J connectivity index is 1.67. The predicted octanol–water partition coefficient (Wildman–Crippen LogP) is 3.91. The van der Waals surface area contributed by atoms with Crippen LogP contribution in [0.4, 0.5) is 0 Å². The average molecular weight is 413 g/mol. The highest BCUT2D eigenvalue weighted by molar-refractivity contribution is 6.30. The summed E-state index contributed by atoms with van der Waals surface area (Å²) in [6, 6.07) is 7.65. The lowest BCUT2D eigenvalue weighted by Gasteiger charge is -2.22. The fourth-order valence-electron chi connectivity index (χ4n) is 4.18. The minimum atomic E-state index is -0.192. The minimum Gasteiger partial charge on any atom is -0.352 e. The molecule has 1 aliphatic rings. The van der Waals surface area contributed by atoms with Gasteiger partial charge in [0, 0.05) is 22.4 Å². The molecule has 3 aromatic rings. The molecule has 4 rings (SSSR count). The molecule has 1 amide bonds. The predicted molar refractivity (Wildman–Crippen MR) is 115 cm³/mol. The van der Waals surface area contributed by atoms with Crippen molar-refractivity contribution in [2.45, 2.75) is 58.5 Å². The highest BCUT2D eigenvalue weighted by Gasteiger charge is 2.20. The molecule has 1 fully saturated rings. The first-order chi connectivity index (χ1) is 14.0. The van der Waals surface area contributed by atoms with Crippen molar-refractivity contribution in [2.75, 3.05) is 0 Å². The number of benzene rings is 1. The van der Waals surface area contributed by atoms with E-state index < -0.39 is 0 Å². The number of rotatable bonds is 4. The van der Waals surface area contributed by atoms with E-state index in [2.05, 4.69) is 10.3 Å². The summed E-state index contributed by atoms with van der Waals surface area (Å²) >= 11 is 6.01. The number of halogens is 1. The molecule has 2 aromatic heterocycles. The second kappa shape index (κ2) is 8.03. The number of nitrogens with one attached hydrogen (secondary N) is 1. The SMILES string of the molecule is Cc1c(C)n(-c2ccc(Cl)cc2)c2ncn(CC(=O)NC3CCCCC3)c(=O)c12. The second-order valence-electron chi connectivity index (χ2n) is 7.80. The van der Waals surface area contributed by atoms with Crippen LogP contribution in [0.5, 0.6) is 0 Å². The van der Waals surface area contributed by atoms with E-state index in [1.54, 1.807) is 0 Å². The molecule has 0 atom stereocenters. The van der Waals surface area contributed by atoms with Crippen molar-refractivity contribution in [1.82, 2.24) is 19.4 Å². The van der Waals surface area contributed by atoms with Gasteiger partial charge in [-0.2, -0.15) is 0 Å². The molecule has 152 valence electrons. The van der Waals surface area contributed by atoms with E-state index in [4.69, 9.17) is 11.6 Å². The topological polar surface area (TPSA) is 68.9 Å². The number of nitrogens with zero attached hydrogens (tertiary/aromatic N) is 3. The van der Waals surface area contributed by atoms with E-state index in [0.29, 0.717) is 16.1 Å². The first-order valence-corrected chi connectivity index (χ1v) is 10.5. The summed E-state index contributed by atoms with van der Waals surface area (Å²) in [5, 5.41) is 4.26. The molecule has 1 aromatic carbocycles. The Labute approximate surface area is 174 Å². The zero-order valence-corrected chi connectivity index (χ0v) is 17.5. The van der Waals surface area contributed by atoms with Gasteiger partial charge in [-0.25, -0.2) is 4.98 Å². The lowest BCUT2D eigenvalue weighted by Crippen LogP contribution is -2.39. The number of hydrogen-bond acceptors (Lipinski definition) is 3. The molecule has 6 nitrogen and oxygen atoms in total. The van der Waals surface area contributed by atoms with E-state index in [-0.39, 0.29) is 24.1 Å². The monoisotopic (exact) mass is 412 g/mol. The van der Waals surface area contributed by atoms with Crippen molar-refractivity contribution in [2.24, 2.45) is 0 Å². The summed E-state index contributed by atoms with van der Waals surface area (Å²) in [7, 11) is 0. The number of carbonyl (C=O) groups is 1. The number of carbonyl (C=O) groups excluding carboxylic acids is 1. The molecule has 0 unspecified atom stereocenters. The van der Waals surface area contributed by atoms with Crippen LogP contribution in [0, 0.1) is 13.8 Å². The zero-order valence-electron chi connectivity index (χ0n) is 16.7. The molecule has 0 radical (unpaired) electrons. The smallest absolute Gasteiger partial charge is 0.263 e. The van der Waals surface area contributed by atoms with E-state index in [1.807, 2.05) is 42.7 Å². The lowest BCUT2D eigenvalue weighted by atomic mass is 9.95. The van der Waals surface area contributed by atoms with Crippen LogP contribution in [0.1, 0.15) is 43.4 Å². The fraction of sp³-hybridized carbons (Fsp3) is 0.409. The molecule has 0 aliphatic heterocycles. The van der Waals surface area contributed by atoms with Crippen LogP contribution in [0.3, 0.4) is 0 Å². The maximum absolute atomic E-state index is 13.1. The Morgan fingerprint density at radius 1 is 1.17 bits per heavy atom. The van der Waals surface area contributed by atoms with Crippen LogP contribution in [-0.2, 0) is 11.3 Å². The van der Waals surface area contributed by atoms with E-state index in [1.165, 1.54) is 17.3 Å². The largest absolute Gasteiger partial charge is 0.352 e. The van der Waals surface area contributed by atoms with Gasteiger partial charge in [0.25, 0.3) is 5.56 Å². The van der Waals surface area contributed by atoms with Crippen LogP contribution in [0.2, 0.25) is 5.02 Å². The van der Waals surface area contributed by atoms with Crippen molar-refractivity contribution in [1.29, 1.82) is 0 Å². The first-order valence-electron chi connectivity index (χ1n) is 10.1. The van der Waals surface area contributed by atoms with Gasteiger partial charge in [0.05, 0.1) is 5.39 Å². The van der Waals surface area contributed by atoms with Gasteiger partial charge in [-0.3, -0.25) is 18.7 Å². The molecule has 2 heterocycles. The highest BCUT2D eigenvalue weighted by Crippen LogP contribution is 2.25. The zero-order chi connectivity index (χ0) is 20.5. The van der Waals surface area contributed by atoms with Crippen LogP contribution in [0.25, 0.3) is 16.7 Å². The molecule has 0 saturated heterocycles. The third-order valence-corrected chi connectivity index (χ3v) is 6.10. The quantitative estimate of drug-likeness (QED) is 0.706. The van der Waals surface area contributed by atoms with Crippen molar-refractivity contribution in [3.63, 3.8) is 0 Å². The summed E-state index contributed by atoms with van der Waals surface area (Å²) in [5.74, 6) is -0.133. The minimum absolute atomic E-state index is 0.0110. The van der Waals surface area contributed by atoms with E-state index in [0.717, 1.165) is 42.6 Å². The fourth-order valence-corrected chi connectivity index (χ4v) is 4.31. The normalized spacial score (nSPS) is 15.0. The Bertz CT molecular complexity index is 1110. The summed E-state index contributed by atoms with van der Waals surface area (Å²) < 4.78 is 3.36. The van der Waals surface area contributed by atoms with Gasteiger partial charge in [0.15, 0.2) is 5.65 Å². The van der Waals surface area contributed by atoms with Gasteiger partial charge < -0.3 is 5.32 Å². The Hall–Kier alpha value is -2.60. The molecular weight excluding hydrogens is 388 g/mol. The standard InChI is InChI=1S/C22H25ClN4O2/c1-14-15(2)27(18-10-8-16(23)9-11-18)21-20(14)22(29)26(13-24-21)12-19(28)25-17-6-4-3-5-7-17/h8-11,13,17H,3-7,12H2,1-2H3,(H,25,28). The van der Waals surface area contributed by atoms with Gasteiger partial charge in [-0.05, 0) is 56.5 Å². The summed E-state index contributed by atoms with van der Waals surface area (Å²) in [6.07, 6.45) is 7.02. The summed E-state index contributed by atoms with van der Waals surface area (Å²) in [4.78, 5) is 30.1. The van der Waals surface area contributed by atoms with Crippen molar-refractivity contribution >= 4 is 28.5 Å². The van der Waals surface area contributed by atoms with Crippen LogP contribution < -0.4 is 10.9 Å². The van der Waals surface area contributed by atoms with Crippen LogP contribution in [0.15, 0.2) is 35.4 Å². The number of fused-ring (bicyclic) bond motifs is 1. The molecule has 29 heavy (non-hydrogen) atoms.